The van der Waals surface area contributed by atoms with Crippen molar-refractivity contribution in [2.45, 2.75) is 45.2 Å². The number of hydrogen-bond donors (Lipinski definition) is 1. The summed E-state index contributed by atoms with van der Waals surface area (Å²) in [6.07, 6.45) is 0.667. The molecule has 1 N–H and O–H groups in total. The summed E-state index contributed by atoms with van der Waals surface area (Å²) < 4.78 is 23.0. The molecule has 0 aromatic carbocycles. The third-order valence-corrected chi connectivity index (χ3v) is 5.43. The van der Waals surface area contributed by atoms with E-state index in [-0.39, 0.29) is 47.2 Å². The standard InChI is InChI=1S/C13H22N2O4S/c1-13(2,3)14-12(17)9-6-11(16)15(7-9)10-4-5-20(18,19)8-10/h9-10H,4-8H2,1-3H3,(H,14,17)/t9-,10+/m0/s1. The summed E-state index contributed by atoms with van der Waals surface area (Å²) in [6.45, 7) is 6.01. The van der Waals surface area contributed by atoms with Gasteiger partial charge in [-0.1, -0.05) is 0 Å². The topological polar surface area (TPSA) is 83.6 Å². The van der Waals surface area contributed by atoms with Gasteiger partial charge in [0.1, 0.15) is 0 Å². The number of nitrogens with zero attached hydrogens (tertiary/aromatic N) is 1. The molecule has 0 spiro atoms. The summed E-state index contributed by atoms with van der Waals surface area (Å²) in [5.41, 5.74) is -0.329. The second-order valence-electron chi connectivity index (χ2n) is 6.74. The summed E-state index contributed by atoms with van der Waals surface area (Å²) in [4.78, 5) is 25.7. The zero-order valence-corrected chi connectivity index (χ0v) is 13.0. The number of carbonyl (C=O) groups is 2. The van der Waals surface area contributed by atoms with Gasteiger partial charge in [0.15, 0.2) is 9.84 Å². The van der Waals surface area contributed by atoms with E-state index in [4.69, 9.17) is 0 Å². The maximum Gasteiger partial charge on any atom is 0.225 e. The van der Waals surface area contributed by atoms with Crippen LogP contribution in [0.4, 0.5) is 0 Å². The smallest absolute Gasteiger partial charge is 0.225 e. The predicted molar refractivity (Wildman–Crippen MR) is 74.8 cm³/mol. The van der Waals surface area contributed by atoms with Crippen LogP contribution in [0, 0.1) is 5.92 Å². The largest absolute Gasteiger partial charge is 0.351 e. The number of likely N-dealkylation sites (tertiary alicyclic amines) is 1. The van der Waals surface area contributed by atoms with Gasteiger partial charge in [-0.15, -0.1) is 0 Å². The van der Waals surface area contributed by atoms with Crippen LogP contribution in [-0.2, 0) is 19.4 Å². The predicted octanol–water partition coefficient (Wildman–Crippen LogP) is -0.0633. The molecule has 114 valence electrons. The molecular formula is C13H22N2O4S. The Morgan fingerprint density at radius 1 is 1.35 bits per heavy atom. The second-order valence-corrected chi connectivity index (χ2v) is 8.97. The second kappa shape index (κ2) is 5.02. The first-order valence-electron chi connectivity index (χ1n) is 6.89. The molecule has 0 radical (unpaired) electrons. The molecule has 2 aliphatic rings. The van der Waals surface area contributed by atoms with Crippen molar-refractivity contribution in [1.29, 1.82) is 0 Å². The van der Waals surface area contributed by atoms with Crippen LogP contribution in [-0.4, -0.2) is 54.8 Å². The number of hydrogen-bond acceptors (Lipinski definition) is 4. The molecule has 20 heavy (non-hydrogen) atoms. The fourth-order valence-electron chi connectivity index (χ4n) is 2.75. The highest BCUT2D eigenvalue weighted by Crippen LogP contribution is 2.26. The Labute approximate surface area is 119 Å². The van der Waals surface area contributed by atoms with Gasteiger partial charge in [0.05, 0.1) is 17.4 Å². The number of carbonyl (C=O) groups excluding carboxylic acids is 2. The molecule has 0 aromatic rings. The minimum absolute atomic E-state index is 0.0341. The molecule has 2 aliphatic heterocycles. The maximum atomic E-state index is 12.1. The summed E-state index contributed by atoms with van der Waals surface area (Å²) in [7, 11) is -3.02. The van der Waals surface area contributed by atoms with Crippen LogP contribution in [0.5, 0.6) is 0 Å². The van der Waals surface area contributed by atoms with E-state index in [0.29, 0.717) is 13.0 Å². The highest BCUT2D eigenvalue weighted by molar-refractivity contribution is 7.91. The van der Waals surface area contributed by atoms with Crippen molar-refractivity contribution in [3.63, 3.8) is 0 Å². The van der Waals surface area contributed by atoms with Gasteiger partial charge in [0.25, 0.3) is 0 Å². The number of rotatable bonds is 2. The molecule has 2 amide bonds. The average molecular weight is 302 g/mol. The molecule has 2 saturated heterocycles. The molecule has 0 saturated carbocycles. The lowest BCUT2D eigenvalue weighted by Crippen LogP contribution is -2.45. The number of sulfone groups is 1. The number of amides is 2. The van der Waals surface area contributed by atoms with Crippen molar-refractivity contribution < 1.29 is 18.0 Å². The molecule has 6 nitrogen and oxygen atoms in total. The van der Waals surface area contributed by atoms with Crippen LogP contribution in [0.2, 0.25) is 0 Å². The van der Waals surface area contributed by atoms with Gasteiger partial charge >= 0.3 is 0 Å². The third kappa shape index (κ3) is 3.50. The van der Waals surface area contributed by atoms with E-state index < -0.39 is 9.84 Å². The Bertz CT molecular complexity index is 521. The Morgan fingerprint density at radius 3 is 2.50 bits per heavy atom. The highest BCUT2D eigenvalue weighted by Gasteiger charge is 2.42. The van der Waals surface area contributed by atoms with E-state index in [1.807, 2.05) is 20.8 Å². The van der Waals surface area contributed by atoms with Crippen LogP contribution >= 0.6 is 0 Å². The summed E-state index contributed by atoms with van der Waals surface area (Å²) in [5, 5.41) is 2.87. The van der Waals surface area contributed by atoms with E-state index in [9.17, 15) is 18.0 Å². The van der Waals surface area contributed by atoms with Gasteiger partial charge < -0.3 is 10.2 Å². The highest BCUT2D eigenvalue weighted by atomic mass is 32.2. The van der Waals surface area contributed by atoms with Gasteiger partial charge in [-0.3, -0.25) is 9.59 Å². The Kier molecular flexibility index (Phi) is 3.83. The molecule has 0 aliphatic carbocycles. The zero-order chi connectivity index (χ0) is 15.1. The molecule has 0 bridgehead atoms. The fraction of sp³-hybridized carbons (Fsp3) is 0.846. The van der Waals surface area contributed by atoms with E-state index in [2.05, 4.69) is 5.32 Å². The summed E-state index contributed by atoms with van der Waals surface area (Å²) in [6, 6.07) is -0.250. The van der Waals surface area contributed by atoms with Crippen molar-refractivity contribution in [3.05, 3.63) is 0 Å². The zero-order valence-electron chi connectivity index (χ0n) is 12.2. The quantitative estimate of drug-likeness (QED) is 0.774. The van der Waals surface area contributed by atoms with Crippen molar-refractivity contribution in [1.82, 2.24) is 10.2 Å². The molecule has 2 atom stereocenters. The molecule has 2 rings (SSSR count). The van der Waals surface area contributed by atoms with E-state index in [0.717, 1.165) is 0 Å². The van der Waals surface area contributed by atoms with Gasteiger partial charge in [0.2, 0.25) is 11.8 Å². The van der Waals surface area contributed by atoms with Crippen molar-refractivity contribution in [2.24, 2.45) is 5.92 Å². The van der Waals surface area contributed by atoms with Crippen LogP contribution < -0.4 is 5.32 Å². The Hall–Kier alpha value is -1.11. The van der Waals surface area contributed by atoms with E-state index >= 15 is 0 Å². The number of nitrogens with one attached hydrogen (secondary N) is 1. The molecule has 7 heteroatoms. The summed E-state index contributed by atoms with van der Waals surface area (Å²) >= 11 is 0. The van der Waals surface area contributed by atoms with Crippen molar-refractivity contribution >= 4 is 21.7 Å². The minimum atomic E-state index is -3.02. The minimum Gasteiger partial charge on any atom is -0.351 e. The molecule has 2 fully saturated rings. The van der Waals surface area contributed by atoms with Gasteiger partial charge in [-0.25, -0.2) is 8.42 Å². The lowest BCUT2D eigenvalue weighted by atomic mass is 10.0. The Balaban J connectivity index is 1.99. The summed E-state index contributed by atoms with van der Waals surface area (Å²) in [5.74, 6) is -0.437. The average Bonchev–Trinajstić information content (AvgIpc) is 2.79. The van der Waals surface area contributed by atoms with E-state index in [1.54, 1.807) is 4.90 Å². The van der Waals surface area contributed by atoms with Crippen LogP contribution in [0.3, 0.4) is 0 Å². The van der Waals surface area contributed by atoms with Crippen LogP contribution in [0.25, 0.3) is 0 Å². The molecule has 0 unspecified atom stereocenters. The lowest BCUT2D eigenvalue weighted by Gasteiger charge is -2.25. The van der Waals surface area contributed by atoms with Crippen molar-refractivity contribution in [3.8, 4) is 0 Å². The van der Waals surface area contributed by atoms with E-state index in [1.165, 1.54) is 0 Å². The normalized spacial score (nSPS) is 29.8. The first kappa shape index (κ1) is 15.3. The van der Waals surface area contributed by atoms with Gasteiger partial charge in [0, 0.05) is 24.5 Å². The third-order valence-electron chi connectivity index (χ3n) is 3.68. The molecule has 2 heterocycles. The first-order valence-corrected chi connectivity index (χ1v) is 8.71. The lowest BCUT2D eigenvalue weighted by molar-refractivity contribution is -0.130. The van der Waals surface area contributed by atoms with Crippen LogP contribution in [0.15, 0.2) is 0 Å². The Morgan fingerprint density at radius 2 is 2.00 bits per heavy atom. The van der Waals surface area contributed by atoms with Gasteiger partial charge in [-0.2, -0.15) is 0 Å². The monoisotopic (exact) mass is 302 g/mol. The first-order chi connectivity index (χ1) is 9.07. The maximum absolute atomic E-state index is 12.1. The van der Waals surface area contributed by atoms with Gasteiger partial charge in [-0.05, 0) is 27.2 Å². The fourth-order valence-corrected chi connectivity index (χ4v) is 4.48. The molecular weight excluding hydrogens is 280 g/mol. The van der Waals surface area contributed by atoms with Crippen molar-refractivity contribution in [2.75, 3.05) is 18.1 Å². The molecule has 0 aromatic heterocycles. The SMILES string of the molecule is CC(C)(C)NC(=O)[C@H]1CC(=O)N([C@@H]2CCS(=O)(=O)C2)C1. The van der Waals surface area contributed by atoms with Crippen LogP contribution in [0.1, 0.15) is 33.6 Å².